The van der Waals surface area contributed by atoms with E-state index in [1.165, 1.54) is 0 Å². The molecule has 1 aromatic heterocycles. The maximum Gasteiger partial charge on any atom is 0.238 e. The fraction of sp³-hybridized carbons (Fsp3) is 0.389. The van der Waals surface area contributed by atoms with Crippen LogP contribution in [0.4, 0.5) is 11.6 Å². The Morgan fingerprint density at radius 3 is 2.54 bits per heavy atom. The summed E-state index contributed by atoms with van der Waals surface area (Å²) < 4.78 is 0. The van der Waals surface area contributed by atoms with E-state index in [9.17, 15) is 4.79 Å². The van der Waals surface area contributed by atoms with Gasteiger partial charge in [-0.3, -0.25) is 9.69 Å². The van der Waals surface area contributed by atoms with Gasteiger partial charge in [0.2, 0.25) is 11.9 Å². The molecular formula is C18H23N5O. The second-order valence-electron chi connectivity index (χ2n) is 6.18. The molecule has 0 aliphatic carbocycles. The first-order chi connectivity index (χ1) is 11.6. The zero-order chi connectivity index (χ0) is 16.9. The van der Waals surface area contributed by atoms with Crippen molar-refractivity contribution < 1.29 is 4.79 Å². The number of piperazine rings is 1. The van der Waals surface area contributed by atoms with Crippen molar-refractivity contribution in [2.24, 2.45) is 0 Å². The average Bonchev–Trinajstić information content (AvgIpc) is 2.59. The summed E-state index contributed by atoms with van der Waals surface area (Å²) >= 11 is 0. The van der Waals surface area contributed by atoms with E-state index >= 15 is 0 Å². The van der Waals surface area contributed by atoms with Crippen LogP contribution in [0.25, 0.3) is 0 Å². The molecule has 126 valence electrons. The van der Waals surface area contributed by atoms with Gasteiger partial charge >= 0.3 is 0 Å². The Balaban J connectivity index is 1.51. The Bertz CT molecular complexity index is 696. The van der Waals surface area contributed by atoms with Crippen molar-refractivity contribution >= 4 is 17.5 Å². The van der Waals surface area contributed by atoms with E-state index in [-0.39, 0.29) is 5.91 Å². The first-order valence-corrected chi connectivity index (χ1v) is 8.23. The first kappa shape index (κ1) is 16.4. The fourth-order valence-electron chi connectivity index (χ4n) is 2.82. The van der Waals surface area contributed by atoms with Crippen molar-refractivity contribution in [3.63, 3.8) is 0 Å². The molecular weight excluding hydrogens is 302 g/mol. The SMILES string of the molecule is Cc1ccc(C)c(NC(=O)CN2CCN(c3ncccn3)CC2)c1. The number of hydrogen-bond donors (Lipinski definition) is 1. The van der Waals surface area contributed by atoms with Crippen LogP contribution in [-0.2, 0) is 4.79 Å². The fourth-order valence-corrected chi connectivity index (χ4v) is 2.82. The minimum Gasteiger partial charge on any atom is -0.338 e. The number of anilines is 2. The molecule has 1 amide bonds. The van der Waals surface area contributed by atoms with Gasteiger partial charge in [0.05, 0.1) is 6.54 Å². The van der Waals surface area contributed by atoms with Crippen LogP contribution in [0.3, 0.4) is 0 Å². The van der Waals surface area contributed by atoms with Gasteiger partial charge in [-0.05, 0) is 37.1 Å². The van der Waals surface area contributed by atoms with E-state index in [4.69, 9.17) is 0 Å². The Morgan fingerprint density at radius 2 is 1.83 bits per heavy atom. The molecule has 1 aliphatic heterocycles. The van der Waals surface area contributed by atoms with Crippen LogP contribution in [0.1, 0.15) is 11.1 Å². The number of amides is 1. The second-order valence-corrected chi connectivity index (χ2v) is 6.18. The third-order valence-corrected chi connectivity index (χ3v) is 4.24. The highest BCUT2D eigenvalue weighted by molar-refractivity contribution is 5.93. The molecule has 0 unspecified atom stereocenters. The summed E-state index contributed by atoms with van der Waals surface area (Å²) in [4.78, 5) is 25.2. The number of aromatic nitrogens is 2. The summed E-state index contributed by atoms with van der Waals surface area (Å²) in [5.74, 6) is 0.796. The van der Waals surface area contributed by atoms with E-state index in [1.807, 2.05) is 32.0 Å². The molecule has 1 N–H and O–H groups in total. The Hall–Kier alpha value is -2.47. The van der Waals surface area contributed by atoms with Crippen molar-refractivity contribution in [2.75, 3.05) is 42.9 Å². The maximum absolute atomic E-state index is 12.3. The average molecular weight is 325 g/mol. The molecule has 2 aromatic rings. The smallest absolute Gasteiger partial charge is 0.238 e. The van der Waals surface area contributed by atoms with Crippen LogP contribution in [0, 0.1) is 13.8 Å². The van der Waals surface area contributed by atoms with Crippen molar-refractivity contribution in [3.8, 4) is 0 Å². The Kier molecular flexibility index (Phi) is 5.05. The van der Waals surface area contributed by atoms with E-state index in [2.05, 4.69) is 31.2 Å². The summed E-state index contributed by atoms with van der Waals surface area (Å²) in [5.41, 5.74) is 3.13. The molecule has 0 radical (unpaired) electrons. The summed E-state index contributed by atoms with van der Waals surface area (Å²) in [7, 11) is 0. The van der Waals surface area contributed by atoms with Crippen LogP contribution < -0.4 is 10.2 Å². The normalized spacial score (nSPS) is 15.3. The minimum absolute atomic E-state index is 0.0353. The Labute approximate surface area is 142 Å². The molecule has 1 saturated heterocycles. The molecule has 6 heteroatoms. The lowest BCUT2D eigenvalue weighted by Gasteiger charge is -2.34. The molecule has 1 fully saturated rings. The molecule has 1 aliphatic rings. The standard InChI is InChI=1S/C18H23N5O/c1-14-4-5-15(2)16(12-14)21-17(24)13-22-8-10-23(11-9-22)18-19-6-3-7-20-18/h3-7,12H,8-11,13H2,1-2H3,(H,21,24). The van der Waals surface area contributed by atoms with Gasteiger partial charge in [-0.15, -0.1) is 0 Å². The lowest BCUT2D eigenvalue weighted by Crippen LogP contribution is -2.49. The van der Waals surface area contributed by atoms with Crippen molar-refractivity contribution in [1.29, 1.82) is 0 Å². The van der Waals surface area contributed by atoms with Crippen molar-refractivity contribution in [2.45, 2.75) is 13.8 Å². The number of rotatable bonds is 4. The van der Waals surface area contributed by atoms with E-state index in [0.717, 1.165) is 48.9 Å². The van der Waals surface area contributed by atoms with Gasteiger partial charge in [-0.25, -0.2) is 9.97 Å². The molecule has 24 heavy (non-hydrogen) atoms. The van der Waals surface area contributed by atoms with Gasteiger partial charge in [0.25, 0.3) is 0 Å². The number of carbonyl (C=O) groups is 1. The lowest BCUT2D eigenvalue weighted by molar-refractivity contribution is -0.117. The van der Waals surface area contributed by atoms with E-state index in [0.29, 0.717) is 6.54 Å². The molecule has 2 heterocycles. The third-order valence-electron chi connectivity index (χ3n) is 4.24. The quantitative estimate of drug-likeness (QED) is 0.930. The molecule has 1 aromatic carbocycles. The molecule has 0 saturated carbocycles. The topological polar surface area (TPSA) is 61.4 Å². The number of nitrogens with zero attached hydrogens (tertiary/aromatic N) is 4. The van der Waals surface area contributed by atoms with Gasteiger partial charge in [0, 0.05) is 44.3 Å². The van der Waals surface area contributed by atoms with E-state index in [1.54, 1.807) is 12.4 Å². The number of nitrogens with one attached hydrogen (secondary N) is 1. The predicted octanol–water partition coefficient (Wildman–Crippen LogP) is 1.85. The molecule has 0 bridgehead atoms. The van der Waals surface area contributed by atoms with Crippen LogP contribution in [0.2, 0.25) is 0 Å². The van der Waals surface area contributed by atoms with Gasteiger partial charge in [-0.1, -0.05) is 12.1 Å². The maximum atomic E-state index is 12.3. The summed E-state index contributed by atoms with van der Waals surface area (Å²) in [6.45, 7) is 7.78. The number of aryl methyl sites for hydroxylation is 2. The number of hydrogen-bond acceptors (Lipinski definition) is 5. The zero-order valence-corrected chi connectivity index (χ0v) is 14.2. The van der Waals surface area contributed by atoms with Crippen molar-refractivity contribution in [1.82, 2.24) is 14.9 Å². The molecule has 3 rings (SSSR count). The first-order valence-electron chi connectivity index (χ1n) is 8.23. The monoisotopic (exact) mass is 325 g/mol. The van der Waals surface area contributed by atoms with E-state index < -0.39 is 0 Å². The van der Waals surface area contributed by atoms with Crippen LogP contribution in [0.15, 0.2) is 36.7 Å². The molecule has 0 spiro atoms. The summed E-state index contributed by atoms with van der Waals surface area (Å²) in [6.07, 6.45) is 3.51. The second kappa shape index (κ2) is 7.40. The number of benzene rings is 1. The van der Waals surface area contributed by atoms with Crippen LogP contribution in [0.5, 0.6) is 0 Å². The van der Waals surface area contributed by atoms with Gasteiger partial charge in [0.1, 0.15) is 0 Å². The van der Waals surface area contributed by atoms with Gasteiger partial charge < -0.3 is 10.2 Å². The minimum atomic E-state index is 0.0353. The highest BCUT2D eigenvalue weighted by Crippen LogP contribution is 2.16. The van der Waals surface area contributed by atoms with Crippen LogP contribution >= 0.6 is 0 Å². The predicted molar refractivity (Wildman–Crippen MR) is 95.2 cm³/mol. The largest absolute Gasteiger partial charge is 0.338 e. The third kappa shape index (κ3) is 4.08. The van der Waals surface area contributed by atoms with Crippen LogP contribution in [-0.4, -0.2) is 53.5 Å². The molecule has 6 nitrogen and oxygen atoms in total. The summed E-state index contributed by atoms with van der Waals surface area (Å²) in [5, 5.41) is 3.02. The van der Waals surface area contributed by atoms with Crippen molar-refractivity contribution in [3.05, 3.63) is 47.8 Å². The highest BCUT2D eigenvalue weighted by Gasteiger charge is 2.20. The highest BCUT2D eigenvalue weighted by atomic mass is 16.2. The van der Waals surface area contributed by atoms with Gasteiger partial charge in [0.15, 0.2) is 0 Å². The molecule has 0 atom stereocenters. The summed E-state index contributed by atoms with van der Waals surface area (Å²) in [6, 6.07) is 7.91. The lowest BCUT2D eigenvalue weighted by atomic mass is 10.1. The Morgan fingerprint density at radius 1 is 1.12 bits per heavy atom. The number of carbonyl (C=O) groups excluding carboxylic acids is 1. The zero-order valence-electron chi connectivity index (χ0n) is 14.2. The van der Waals surface area contributed by atoms with Gasteiger partial charge in [-0.2, -0.15) is 0 Å².